The highest BCUT2D eigenvalue weighted by molar-refractivity contribution is 5.00. The monoisotopic (exact) mass is 250 g/mol. The minimum atomic E-state index is 0.428. The van der Waals surface area contributed by atoms with Gasteiger partial charge in [0.2, 0.25) is 5.89 Å². The summed E-state index contributed by atoms with van der Waals surface area (Å²) in [6.07, 6.45) is 4.63. The van der Waals surface area contributed by atoms with Crippen LogP contribution < -0.4 is 5.32 Å². The first-order valence-corrected chi connectivity index (χ1v) is 7.14. The largest absolute Gasteiger partial charge is 0.339 e. The fourth-order valence-electron chi connectivity index (χ4n) is 3.14. The van der Waals surface area contributed by atoms with Crippen molar-refractivity contribution in [3.05, 3.63) is 11.7 Å². The Kier molecular flexibility index (Phi) is 3.61. The third-order valence-electron chi connectivity index (χ3n) is 4.22. The van der Waals surface area contributed by atoms with Gasteiger partial charge in [0, 0.05) is 19.0 Å². The lowest BCUT2D eigenvalue weighted by Crippen LogP contribution is -2.31. The van der Waals surface area contributed by atoms with Gasteiger partial charge in [-0.3, -0.25) is 0 Å². The zero-order valence-electron chi connectivity index (χ0n) is 11.1. The number of nitrogens with one attached hydrogen (secondary N) is 1. The quantitative estimate of drug-likeness (QED) is 0.869. The summed E-state index contributed by atoms with van der Waals surface area (Å²) in [5.41, 5.74) is 0. The molecule has 100 valence electrons. The van der Waals surface area contributed by atoms with Crippen LogP contribution in [0.3, 0.4) is 0 Å². The molecule has 2 atom stereocenters. The van der Waals surface area contributed by atoms with Gasteiger partial charge in [0.25, 0.3) is 0 Å². The average molecular weight is 250 g/mol. The van der Waals surface area contributed by atoms with Gasteiger partial charge in [0.1, 0.15) is 0 Å². The predicted molar refractivity (Wildman–Crippen MR) is 68.5 cm³/mol. The first-order valence-electron chi connectivity index (χ1n) is 7.14. The number of hydrogen-bond acceptors (Lipinski definition) is 5. The van der Waals surface area contributed by atoms with Gasteiger partial charge in [0.05, 0.1) is 5.92 Å². The van der Waals surface area contributed by atoms with Crippen LogP contribution in [0.5, 0.6) is 0 Å². The summed E-state index contributed by atoms with van der Waals surface area (Å²) in [7, 11) is 0. The van der Waals surface area contributed by atoms with Gasteiger partial charge in [-0.2, -0.15) is 4.98 Å². The molecule has 0 radical (unpaired) electrons. The van der Waals surface area contributed by atoms with Crippen molar-refractivity contribution >= 4 is 0 Å². The SMILES string of the molecule is CCN1CCCC1Cc1noc(C2CCNC2)n1. The van der Waals surface area contributed by atoms with Gasteiger partial charge in [-0.15, -0.1) is 0 Å². The van der Waals surface area contributed by atoms with Crippen LogP contribution in [-0.2, 0) is 6.42 Å². The summed E-state index contributed by atoms with van der Waals surface area (Å²) in [5, 5.41) is 7.49. The van der Waals surface area contributed by atoms with Crippen molar-refractivity contribution in [2.75, 3.05) is 26.2 Å². The highest BCUT2D eigenvalue weighted by atomic mass is 16.5. The van der Waals surface area contributed by atoms with Gasteiger partial charge in [-0.25, -0.2) is 0 Å². The van der Waals surface area contributed by atoms with E-state index in [4.69, 9.17) is 4.52 Å². The molecule has 0 bridgehead atoms. The van der Waals surface area contributed by atoms with E-state index in [1.165, 1.54) is 19.4 Å². The fourth-order valence-corrected chi connectivity index (χ4v) is 3.14. The summed E-state index contributed by atoms with van der Waals surface area (Å²) in [4.78, 5) is 7.10. The smallest absolute Gasteiger partial charge is 0.231 e. The molecule has 0 spiro atoms. The Morgan fingerprint density at radius 1 is 1.44 bits per heavy atom. The summed E-state index contributed by atoms with van der Waals surface area (Å²) >= 11 is 0. The third kappa shape index (κ3) is 2.42. The molecule has 0 aliphatic carbocycles. The molecule has 0 aromatic carbocycles. The van der Waals surface area contributed by atoms with E-state index in [1.807, 2.05) is 0 Å². The Labute approximate surface area is 108 Å². The van der Waals surface area contributed by atoms with Gasteiger partial charge in [-0.1, -0.05) is 12.1 Å². The second-order valence-corrected chi connectivity index (χ2v) is 5.37. The lowest BCUT2D eigenvalue weighted by atomic mass is 10.1. The van der Waals surface area contributed by atoms with E-state index < -0.39 is 0 Å². The number of hydrogen-bond donors (Lipinski definition) is 1. The molecule has 5 heteroatoms. The molecular formula is C13H22N4O. The topological polar surface area (TPSA) is 54.2 Å². The lowest BCUT2D eigenvalue weighted by Gasteiger charge is -2.20. The van der Waals surface area contributed by atoms with Crippen LogP contribution in [-0.4, -0.2) is 47.3 Å². The van der Waals surface area contributed by atoms with Crippen LogP contribution in [0.25, 0.3) is 0 Å². The van der Waals surface area contributed by atoms with Crippen molar-refractivity contribution in [3.8, 4) is 0 Å². The second-order valence-electron chi connectivity index (χ2n) is 5.37. The highest BCUT2D eigenvalue weighted by Crippen LogP contribution is 2.23. The second kappa shape index (κ2) is 5.36. The van der Waals surface area contributed by atoms with Gasteiger partial charge < -0.3 is 14.7 Å². The molecule has 3 heterocycles. The zero-order chi connectivity index (χ0) is 12.4. The van der Waals surface area contributed by atoms with Crippen LogP contribution in [0.4, 0.5) is 0 Å². The molecule has 2 aliphatic rings. The molecule has 2 unspecified atom stereocenters. The predicted octanol–water partition coefficient (Wildman–Crippen LogP) is 1.17. The third-order valence-corrected chi connectivity index (χ3v) is 4.22. The molecular weight excluding hydrogens is 228 g/mol. The van der Waals surface area contributed by atoms with E-state index in [2.05, 4.69) is 27.3 Å². The van der Waals surface area contributed by atoms with E-state index in [9.17, 15) is 0 Å². The number of likely N-dealkylation sites (N-methyl/N-ethyl adjacent to an activating group) is 1. The molecule has 1 aromatic rings. The molecule has 0 saturated carbocycles. The Morgan fingerprint density at radius 2 is 2.39 bits per heavy atom. The molecule has 18 heavy (non-hydrogen) atoms. The van der Waals surface area contributed by atoms with Crippen LogP contribution in [0.15, 0.2) is 4.52 Å². The standard InChI is InChI=1S/C13H22N4O/c1-2-17-7-3-4-11(17)8-12-15-13(18-16-12)10-5-6-14-9-10/h10-11,14H,2-9H2,1H3. The average Bonchev–Trinajstić information content (AvgIpc) is 3.10. The maximum atomic E-state index is 5.41. The number of nitrogens with zero attached hydrogens (tertiary/aromatic N) is 3. The summed E-state index contributed by atoms with van der Waals surface area (Å²) < 4.78 is 5.41. The molecule has 2 saturated heterocycles. The molecule has 3 rings (SSSR count). The van der Waals surface area contributed by atoms with Crippen molar-refractivity contribution in [1.29, 1.82) is 0 Å². The number of rotatable bonds is 4. The van der Waals surface area contributed by atoms with Crippen LogP contribution in [0.2, 0.25) is 0 Å². The Balaban J connectivity index is 1.62. The first-order chi connectivity index (χ1) is 8.86. The normalized spacial score (nSPS) is 29.2. The van der Waals surface area contributed by atoms with E-state index in [-0.39, 0.29) is 0 Å². The maximum absolute atomic E-state index is 5.41. The van der Waals surface area contributed by atoms with Crippen molar-refractivity contribution in [2.45, 2.75) is 44.6 Å². The first kappa shape index (κ1) is 12.1. The molecule has 0 amide bonds. The number of likely N-dealkylation sites (tertiary alicyclic amines) is 1. The van der Waals surface area contributed by atoms with E-state index in [0.29, 0.717) is 12.0 Å². The van der Waals surface area contributed by atoms with Crippen molar-refractivity contribution < 1.29 is 4.52 Å². The van der Waals surface area contributed by atoms with Crippen molar-refractivity contribution in [3.63, 3.8) is 0 Å². The zero-order valence-corrected chi connectivity index (χ0v) is 11.1. The summed E-state index contributed by atoms with van der Waals surface area (Å²) in [5.74, 6) is 2.15. The Bertz CT molecular complexity index is 386. The van der Waals surface area contributed by atoms with Crippen LogP contribution in [0.1, 0.15) is 43.8 Å². The summed E-state index contributed by atoms with van der Waals surface area (Å²) in [6.45, 7) is 6.62. The number of aromatic nitrogens is 2. The van der Waals surface area contributed by atoms with E-state index in [1.54, 1.807) is 0 Å². The van der Waals surface area contributed by atoms with Gasteiger partial charge >= 0.3 is 0 Å². The van der Waals surface area contributed by atoms with Crippen LogP contribution in [0, 0.1) is 0 Å². The van der Waals surface area contributed by atoms with Crippen molar-refractivity contribution in [2.24, 2.45) is 0 Å². The highest BCUT2D eigenvalue weighted by Gasteiger charge is 2.27. The molecule has 1 aromatic heterocycles. The van der Waals surface area contributed by atoms with Crippen molar-refractivity contribution in [1.82, 2.24) is 20.4 Å². The molecule has 5 nitrogen and oxygen atoms in total. The molecule has 2 aliphatic heterocycles. The van der Waals surface area contributed by atoms with Crippen LogP contribution >= 0.6 is 0 Å². The van der Waals surface area contributed by atoms with Gasteiger partial charge in [0.15, 0.2) is 5.82 Å². The fraction of sp³-hybridized carbons (Fsp3) is 0.846. The maximum Gasteiger partial charge on any atom is 0.231 e. The van der Waals surface area contributed by atoms with E-state index >= 15 is 0 Å². The Hall–Kier alpha value is -0.940. The Morgan fingerprint density at radius 3 is 3.17 bits per heavy atom. The lowest BCUT2D eigenvalue weighted by molar-refractivity contribution is 0.261. The van der Waals surface area contributed by atoms with E-state index in [0.717, 1.165) is 44.2 Å². The minimum Gasteiger partial charge on any atom is -0.339 e. The molecule has 1 N–H and O–H groups in total. The van der Waals surface area contributed by atoms with Gasteiger partial charge in [-0.05, 0) is 38.9 Å². The summed E-state index contributed by atoms with van der Waals surface area (Å²) in [6, 6.07) is 0.613. The minimum absolute atomic E-state index is 0.428. The molecule has 2 fully saturated rings.